The van der Waals surface area contributed by atoms with Crippen LogP contribution in [0.5, 0.6) is 0 Å². The Morgan fingerprint density at radius 3 is 2.47 bits per heavy atom. The van der Waals surface area contributed by atoms with Crippen LogP contribution in [0.4, 0.5) is 13.2 Å². The molecule has 0 heterocycles. The fraction of sp³-hybridized carbons (Fsp3) is 0.900. The molecule has 5 heteroatoms. The van der Waals surface area contributed by atoms with E-state index in [4.69, 9.17) is 0 Å². The van der Waals surface area contributed by atoms with E-state index in [2.05, 4.69) is 4.74 Å². The summed E-state index contributed by atoms with van der Waals surface area (Å²) in [6.07, 6.45) is -1.77. The lowest BCUT2D eigenvalue weighted by molar-refractivity contribution is -0.219. The fourth-order valence-corrected chi connectivity index (χ4v) is 1.90. The van der Waals surface area contributed by atoms with E-state index in [0.717, 1.165) is 19.3 Å². The number of esters is 1. The largest absolute Gasteiger partial charge is 0.490 e. The summed E-state index contributed by atoms with van der Waals surface area (Å²) < 4.78 is 40.7. The average Bonchev–Trinajstić information content (AvgIpc) is 2.09. The van der Waals surface area contributed by atoms with Crippen molar-refractivity contribution in [1.29, 1.82) is 0 Å². The minimum Gasteiger partial charge on any atom is -0.452 e. The molecule has 0 unspecified atom stereocenters. The molecule has 2 atom stereocenters. The Balaban J connectivity index is 2.66. The van der Waals surface area contributed by atoms with Gasteiger partial charge in [0.05, 0.1) is 0 Å². The van der Waals surface area contributed by atoms with Crippen molar-refractivity contribution in [3.8, 4) is 0 Å². The van der Waals surface area contributed by atoms with Crippen molar-refractivity contribution < 1.29 is 22.7 Å². The predicted molar refractivity (Wildman–Crippen MR) is 48.2 cm³/mol. The molecule has 0 saturated heterocycles. The van der Waals surface area contributed by atoms with Crippen LogP contribution in [-0.4, -0.2) is 17.7 Å². The summed E-state index contributed by atoms with van der Waals surface area (Å²) in [7, 11) is 0. The highest BCUT2D eigenvalue weighted by Gasteiger charge is 2.47. The number of carbonyl (C=O) groups is 1. The molecule has 1 fully saturated rings. The van der Waals surface area contributed by atoms with E-state index in [1.54, 1.807) is 6.92 Å². The third-order valence-corrected chi connectivity index (χ3v) is 3.16. The minimum atomic E-state index is -4.89. The summed E-state index contributed by atoms with van der Waals surface area (Å²) in [4.78, 5) is 10.7. The summed E-state index contributed by atoms with van der Waals surface area (Å²) in [5.74, 6) is -2.09. The van der Waals surface area contributed by atoms with Crippen molar-refractivity contribution in [1.82, 2.24) is 0 Å². The molecule has 1 saturated carbocycles. The monoisotopic (exact) mass is 224 g/mol. The van der Waals surface area contributed by atoms with E-state index in [1.807, 2.05) is 6.92 Å². The van der Waals surface area contributed by atoms with Crippen molar-refractivity contribution >= 4 is 5.97 Å². The molecule has 0 radical (unpaired) electrons. The van der Waals surface area contributed by atoms with Crippen LogP contribution in [0.1, 0.15) is 39.5 Å². The first-order valence-electron chi connectivity index (χ1n) is 5.06. The van der Waals surface area contributed by atoms with Crippen LogP contribution in [0.15, 0.2) is 0 Å². The third kappa shape index (κ3) is 2.86. The van der Waals surface area contributed by atoms with E-state index in [0.29, 0.717) is 6.42 Å². The number of alkyl halides is 3. The lowest BCUT2D eigenvalue weighted by Gasteiger charge is -2.39. The quantitative estimate of drug-likeness (QED) is 0.640. The second-order valence-corrected chi connectivity index (χ2v) is 4.35. The van der Waals surface area contributed by atoms with Crippen molar-refractivity contribution in [3.05, 3.63) is 0 Å². The molecule has 0 bridgehead atoms. The van der Waals surface area contributed by atoms with Crippen molar-refractivity contribution in [2.75, 3.05) is 0 Å². The fourth-order valence-electron chi connectivity index (χ4n) is 1.90. The first-order chi connectivity index (χ1) is 6.76. The third-order valence-electron chi connectivity index (χ3n) is 3.16. The van der Waals surface area contributed by atoms with Gasteiger partial charge in [-0.3, -0.25) is 0 Å². The van der Waals surface area contributed by atoms with Crippen molar-refractivity contribution in [3.63, 3.8) is 0 Å². The summed E-state index contributed by atoms with van der Waals surface area (Å²) in [5.41, 5.74) is -0.954. The highest BCUT2D eigenvalue weighted by atomic mass is 19.4. The molecule has 0 aromatic rings. The van der Waals surface area contributed by atoms with Gasteiger partial charge < -0.3 is 4.74 Å². The molecule has 0 aromatic heterocycles. The van der Waals surface area contributed by atoms with Gasteiger partial charge in [0.1, 0.15) is 5.60 Å². The summed E-state index contributed by atoms with van der Waals surface area (Å²) in [6, 6.07) is 0. The molecule has 0 N–H and O–H groups in total. The van der Waals surface area contributed by atoms with E-state index in [1.165, 1.54) is 0 Å². The number of carbonyl (C=O) groups excluding carboxylic acids is 1. The Kier molecular flexibility index (Phi) is 3.31. The van der Waals surface area contributed by atoms with Gasteiger partial charge in [-0.2, -0.15) is 13.2 Å². The zero-order valence-corrected chi connectivity index (χ0v) is 8.86. The predicted octanol–water partition coefficient (Wildman–Crippen LogP) is 3.06. The first kappa shape index (κ1) is 12.3. The van der Waals surface area contributed by atoms with E-state index >= 15 is 0 Å². The van der Waals surface area contributed by atoms with Gasteiger partial charge in [-0.1, -0.05) is 13.3 Å². The van der Waals surface area contributed by atoms with Gasteiger partial charge in [0.15, 0.2) is 0 Å². The topological polar surface area (TPSA) is 26.3 Å². The SMILES string of the molecule is C[C@H]1CCCC[C@@]1(C)OC(=O)C(F)(F)F. The van der Waals surface area contributed by atoms with Gasteiger partial charge in [-0.15, -0.1) is 0 Å². The average molecular weight is 224 g/mol. The Morgan fingerprint density at radius 2 is 2.00 bits per heavy atom. The second kappa shape index (κ2) is 4.02. The van der Waals surface area contributed by atoms with Crippen LogP contribution in [0, 0.1) is 5.92 Å². The van der Waals surface area contributed by atoms with Crippen LogP contribution < -0.4 is 0 Å². The molecule has 15 heavy (non-hydrogen) atoms. The van der Waals surface area contributed by atoms with E-state index < -0.39 is 17.7 Å². The van der Waals surface area contributed by atoms with Gasteiger partial charge in [0.2, 0.25) is 0 Å². The van der Waals surface area contributed by atoms with Crippen molar-refractivity contribution in [2.24, 2.45) is 5.92 Å². The Hall–Kier alpha value is -0.740. The molecular weight excluding hydrogens is 209 g/mol. The zero-order chi connectivity index (χ0) is 11.7. The van der Waals surface area contributed by atoms with Gasteiger partial charge in [-0.05, 0) is 32.1 Å². The number of hydrogen-bond donors (Lipinski definition) is 0. The lowest BCUT2D eigenvalue weighted by atomic mass is 9.77. The molecular formula is C10H15F3O2. The maximum absolute atomic E-state index is 12.0. The van der Waals surface area contributed by atoms with Gasteiger partial charge in [-0.25, -0.2) is 4.79 Å². The smallest absolute Gasteiger partial charge is 0.452 e. The highest BCUT2D eigenvalue weighted by Crippen LogP contribution is 2.37. The molecule has 88 valence electrons. The molecule has 0 aliphatic heterocycles. The molecule has 1 aliphatic carbocycles. The maximum atomic E-state index is 12.0. The number of halogens is 3. The van der Waals surface area contributed by atoms with Gasteiger partial charge in [0, 0.05) is 0 Å². The number of rotatable bonds is 1. The second-order valence-electron chi connectivity index (χ2n) is 4.35. The number of ether oxygens (including phenoxy) is 1. The van der Waals surface area contributed by atoms with Crippen molar-refractivity contribution in [2.45, 2.75) is 51.3 Å². The highest BCUT2D eigenvalue weighted by molar-refractivity contribution is 5.76. The van der Waals surface area contributed by atoms with E-state index in [-0.39, 0.29) is 5.92 Å². The zero-order valence-electron chi connectivity index (χ0n) is 8.86. The molecule has 0 spiro atoms. The molecule has 0 amide bonds. The summed E-state index contributed by atoms with van der Waals surface area (Å²) in [6.45, 7) is 3.41. The summed E-state index contributed by atoms with van der Waals surface area (Å²) in [5, 5.41) is 0. The maximum Gasteiger partial charge on any atom is 0.490 e. The molecule has 1 aliphatic rings. The van der Waals surface area contributed by atoms with Crippen LogP contribution in [-0.2, 0) is 9.53 Å². The van der Waals surface area contributed by atoms with Gasteiger partial charge >= 0.3 is 12.1 Å². The van der Waals surface area contributed by atoms with Crippen LogP contribution in [0.3, 0.4) is 0 Å². The number of hydrogen-bond acceptors (Lipinski definition) is 2. The lowest BCUT2D eigenvalue weighted by Crippen LogP contribution is -2.44. The first-order valence-corrected chi connectivity index (χ1v) is 5.06. The Labute approximate surface area is 86.8 Å². The van der Waals surface area contributed by atoms with Crippen LogP contribution in [0.2, 0.25) is 0 Å². The standard InChI is InChI=1S/C10H15F3O2/c1-7-5-3-4-6-9(7,2)15-8(14)10(11,12)13/h7H,3-6H2,1-2H3/t7-,9+/m0/s1. The Bertz CT molecular complexity index is 250. The molecule has 0 aromatic carbocycles. The normalized spacial score (nSPS) is 32.5. The van der Waals surface area contributed by atoms with Crippen LogP contribution >= 0.6 is 0 Å². The molecule has 2 nitrogen and oxygen atoms in total. The minimum absolute atomic E-state index is 0.0162. The molecule has 1 rings (SSSR count). The van der Waals surface area contributed by atoms with Gasteiger partial charge in [0.25, 0.3) is 0 Å². The van der Waals surface area contributed by atoms with E-state index in [9.17, 15) is 18.0 Å². The van der Waals surface area contributed by atoms with Crippen LogP contribution in [0.25, 0.3) is 0 Å². The Morgan fingerprint density at radius 1 is 1.40 bits per heavy atom. The summed E-state index contributed by atoms with van der Waals surface area (Å²) >= 11 is 0.